The summed E-state index contributed by atoms with van der Waals surface area (Å²) in [7, 11) is -2.29. The number of rotatable bonds is 6. The molecule has 0 unspecified atom stereocenters. The average molecular weight is 486 g/mol. The van der Waals surface area contributed by atoms with E-state index in [0.29, 0.717) is 38.2 Å². The molecule has 0 N–H and O–H groups in total. The molecule has 7 nitrogen and oxygen atoms in total. The molecular formula is C26H35N3O4S. The van der Waals surface area contributed by atoms with E-state index in [4.69, 9.17) is 4.74 Å². The lowest BCUT2D eigenvalue weighted by Crippen LogP contribution is -2.53. The van der Waals surface area contributed by atoms with Gasteiger partial charge in [-0.3, -0.25) is 4.79 Å². The molecule has 0 saturated carbocycles. The van der Waals surface area contributed by atoms with Crippen LogP contribution in [0.3, 0.4) is 0 Å². The molecule has 0 radical (unpaired) electrons. The van der Waals surface area contributed by atoms with Gasteiger partial charge in [-0.25, -0.2) is 8.42 Å². The van der Waals surface area contributed by atoms with Gasteiger partial charge in [-0.15, -0.1) is 0 Å². The van der Waals surface area contributed by atoms with Crippen molar-refractivity contribution in [1.29, 1.82) is 0 Å². The van der Waals surface area contributed by atoms with Crippen molar-refractivity contribution in [2.24, 2.45) is 5.92 Å². The van der Waals surface area contributed by atoms with Gasteiger partial charge in [0.1, 0.15) is 10.6 Å². The lowest BCUT2D eigenvalue weighted by molar-refractivity contribution is -0.137. The fraction of sp³-hybridized carbons (Fsp3) is 0.500. The van der Waals surface area contributed by atoms with Crippen molar-refractivity contribution in [3.05, 3.63) is 54.1 Å². The van der Waals surface area contributed by atoms with Gasteiger partial charge < -0.3 is 14.5 Å². The van der Waals surface area contributed by atoms with Crippen LogP contribution < -0.4 is 9.64 Å². The van der Waals surface area contributed by atoms with Crippen molar-refractivity contribution in [1.82, 2.24) is 9.21 Å². The molecule has 184 valence electrons. The van der Waals surface area contributed by atoms with E-state index < -0.39 is 10.0 Å². The third-order valence-corrected chi connectivity index (χ3v) is 8.80. The van der Waals surface area contributed by atoms with E-state index >= 15 is 0 Å². The average Bonchev–Trinajstić information content (AvgIpc) is 2.88. The fourth-order valence-electron chi connectivity index (χ4n) is 4.84. The predicted octanol–water partition coefficient (Wildman–Crippen LogP) is 3.57. The largest absolute Gasteiger partial charge is 0.495 e. The Bertz CT molecular complexity index is 1100. The first kappa shape index (κ1) is 24.5. The fourth-order valence-corrected chi connectivity index (χ4v) is 6.55. The first-order valence-electron chi connectivity index (χ1n) is 12.1. The summed E-state index contributed by atoms with van der Waals surface area (Å²) in [6.07, 6.45) is 1.39. The maximum atomic E-state index is 13.6. The van der Waals surface area contributed by atoms with Gasteiger partial charge in [-0.2, -0.15) is 4.31 Å². The quantitative estimate of drug-likeness (QED) is 0.626. The van der Waals surface area contributed by atoms with E-state index in [-0.39, 0.29) is 29.2 Å². The van der Waals surface area contributed by atoms with Gasteiger partial charge in [0.2, 0.25) is 15.9 Å². The van der Waals surface area contributed by atoms with Crippen LogP contribution in [-0.2, 0) is 14.8 Å². The van der Waals surface area contributed by atoms with Crippen molar-refractivity contribution in [2.75, 3.05) is 51.3 Å². The van der Waals surface area contributed by atoms with E-state index in [9.17, 15) is 13.2 Å². The van der Waals surface area contributed by atoms with Gasteiger partial charge in [0.05, 0.1) is 13.0 Å². The number of ether oxygens (including phenoxy) is 1. The van der Waals surface area contributed by atoms with Crippen LogP contribution in [0.4, 0.5) is 5.69 Å². The molecule has 2 aliphatic heterocycles. The normalized spacial score (nSPS) is 19.9. The molecule has 1 amide bonds. The summed E-state index contributed by atoms with van der Waals surface area (Å²) in [6.45, 7) is 7.57. The summed E-state index contributed by atoms with van der Waals surface area (Å²) in [5.74, 6) is 0.293. The van der Waals surface area contributed by atoms with Crippen LogP contribution in [-0.4, -0.2) is 69.9 Å². The molecule has 2 aromatic rings. The van der Waals surface area contributed by atoms with Crippen molar-refractivity contribution >= 4 is 21.6 Å². The number of amides is 1. The number of para-hydroxylation sites is 1. The van der Waals surface area contributed by atoms with Gasteiger partial charge in [-0.05, 0) is 48.6 Å². The van der Waals surface area contributed by atoms with E-state index in [0.717, 1.165) is 18.7 Å². The molecule has 2 fully saturated rings. The highest BCUT2D eigenvalue weighted by Crippen LogP contribution is 2.33. The monoisotopic (exact) mass is 485 g/mol. The highest BCUT2D eigenvalue weighted by Gasteiger charge is 2.37. The van der Waals surface area contributed by atoms with Gasteiger partial charge in [0.15, 0.2) is 0 Å². The standard InChI is InChI=1S/C26H35N3O4S/c1-20(2)21-11-12-24(33-3)25(18-21)34(31,32)29-13-7-8-22(19-29)26(30)28-16-14-27(15-17-28)23-9-5-4-6-10-23/h4-6,9-12,18,20,22H,7-8,13-17,19H2,1-3H3/t22-/m1/s1. The van der Waals surface area contributed by atoms with E-state index in [1.54, 1.807) is 12.1 Å². The lowest BCUT2D eigenvalue weighted by Gasteiger charge is -2.39. The second kappa shape index (κ2) is 10.4. The molecule has 8 heteroatoms. The maximum Gasteiger partial charge on any atom is 0.246 e. The van der Waals surface area contributed by atoms with Crippen molar-refractivity contribution in [3.63, 3.8) is 0 Å². The van der Waals surface area contributed by atoms with Crippen LogP contribution in [0.2, 0.25) is 0 Å². The molecule has 2 heterocycles. The Labute approximate surface area is 203 Å². The number of piperidine rings is 1. The summed E-state index contributed by atoms with van der Waals surface area (Å²) in [5.41, 5.74) is 2.11. The Morgan fingerprint density at radius 1 is 1.00 bits per heavy atom. The minimum absolute atomic E-state index is 0.0653. The summed E-state index contributed by atoms with van der Waals surface area (Å²) in [6, 6.07) is 15.6. The SMILES string of the molecule is COc1ccc(C(C)C)cc1S(=O)(=O)N1CCC[C@@H](C(=O)N2CCN(c3ccccc3)CC2)C1. The second-order valence-electron chi connectivity index (χ2n) is 9.42. The van der Waals surface area contributed by atoms with Gasteiger partial charge in [-0.1, -0.05) is 38.1 Å². The highest BCUT2D eigenvalue weighted by atomic mass is 32.2. The zero-order valence-corrected chi connectivity index (χ0v) is 21.1. The molecule has 1 atom stereocenters. The summed E-state index contributed by atoms with van der Waals surface area (Å²) in [5, 5.41) is 0. The zero-order valence-electron chi connectivity index (χ0n) is 20.3. The van der Waals surface area contributed by atoms with Crippen molar-refractivity contribution in [3.8, 4) is 5.75 Å². The number of benzene rings is 2. The molecular weight excluding hydrogens is 450 g/mol. The predicted molar refractivity (Wildman–Crippen MR) is 134 cm³/mol. The topological polar surface area (TPSA) is 70.2 Å². The number of hydrogen-bond acceptors (Lipinski definition) is 5. The van der Waals surface area contributed by atoms with Gasteiger partial charge >= 0.3 is 0 Å². The minimum atomic E-state index is -3.77. The highest BCUT2D eigenvalue weighted by molar-refractivity contribution is 7.89. The van der Waals surface area contributed by atoms with Crippen LogP contribution >= 0.6 is 0 Å². The summed E-state index contributed by atoms with van der Waals surface area (Å²) < 4.78 is 34.1. The number of methoxy groups -OCH3 is 1. The van der Waals surface area contributed by atoms with Crippen LogP contribution in [0.15, 0.2) is 53.4 Å². The number of piperazine rings is 1. The Morgan fingerprint density at radius 3 is 2.35 bits per heavy atom. The molecule has 0 spiro atoms. The minimum Gasteiger partial charge on any atom is -0.495 e. The van der Waals surface area contributed by atoms with Crippen molar-refractivity contribution in [2.45, 2.75) is 37.5 Å². The van der Waals surface area contributed by atoms with Crippen molar-refractivity contribution < 1.29 is 17.9 Å². The number of hydrogen-bond donors (Lipinski definition) is 0. The molecule has 0 aliphatic carbocycles. The molecule has 4 rings (SSSR count). The number of carbonyl (C=O) groups is 1. The molecule has 34 heavy (non-hydrogen) atoms. The first-order chi connectivity index (χ1) is 16.3. The number of nitrogens with zero attached hydrogens (tertiary/aromatic N) is 3. The third-order valence-electron chi connectivity index (χ3n) is 6.92. The number of carbonyl (C=O) groups excluding carboxylic acids is 1. The Hall–Kier alpha value is -2.58. The Morgan fingerprint density at radius 2 is 1.71 bits per heavy atom. The lowest BCUT2D eigenvalue weighted by atomic mass is 9.97. The molecule has 2 aliphatic rings. The Kier molecular flexibility index (Phi) is 7.48. The maximum absolute atomic E-state index is 13.6. The van der Waals surface area contributed by atoms with Crippen LogP contribution in [0, 0.1) is 5.92 Å². The van der Waals surface area contributed by atoms with Crippen LogP contribution in [0.25, 0.3) is 0 Å². The molecule has 2 saturated heterocycles. The number of anilines is 1. The molecule has 0 bridgehead atoms. The first-order valence-corrected chi connectivity index (χ1v) is 13.5. The summed E-state index contributed by atoms with van der Waals surface area (Å²) >= 11 is 0. The van der Waals surface area contributed by atoms with Gasteiger partial charge in [0, 0.05) is 45.0 Å². The Balaban J connectivity index is 1.45. The molecule has 0 aromatic heterocycles. The molecule has 2 aromatic carbocycles. The van der Waals surface area contributed by atoms with Gasteiger partial charge in [0.25, 0.3) is 0 Å². The smallest absolute Gasteiger partial charge is 0.246 e. The zero-order chi connectivity index (χ0) is 24.3. The number of sulfonamides is 1. The van der Waals surface area contributed by atoms with Crippen LogP contribution in [0.5, 0.6) is 5.75 Å². The van der Waals surface area contributed by atoms with E-state index in [1.165, 1.54) is 17.1 Å². The third kappa shape index (κ3) is 5.08. The van der Waals surface area contributed by atoms with Crippen LogP contribution in [0.1, 0.15) is 38.2 Å². The van der Waals surface area contributed by atoms with E-state index in [1.807, 2.05) is 43.0 Å². The van der Waals surface area contributed by atoms with E-state index in [2.05, 4.69) is 17.0 Å². The summed E-state index contributed by atoms with van der Waals surface area (Å²) in [4.78, 5) is 17.7. The second-order valence-corrected chi connectivity index (χ2v) is 11.3.